The van der Waals surface area contributed by atoms with E-state index in [9.17, 15) is 13.2 Å². The number of hydrogen-bond acceptors (Lipinski definition) is 5. The molecular formula is C24H32N2O5S. The van der Waals surface area contributed by atoms with Crippen molar-refractivity contribution in [3.8, 4) is 5.75 Å². The zero-order valence-corrected chi connectivity index (χ0v) is 19.8. The standard InChI is InChI=1S/C24H32N2O5S/c1-18(2)22-9-4-19(3)16-23(22)31-17-24(27)25-11-10-20-5-7-21(8-6-20)32(28,29)26-12-14-30-15-13-26/h4-9,16,18H,10-15,17H2,1-3H3,(H,25,27). The van der Waals surface area contributed by atoms with Gasteiger partial charge in [0.2, 0.25) is 10.0 Å². The third-order valence-electron chi connectivity index (χ3n) is 5.42. The summed E-state index contributed by atoms with van der Waals surface area (Å²) in [5.74, 6) is 0.864. The van der Waals surface area contributed by atoms with Crippen LogP contribution in [0.15, 0.2) is 47.4 Å². The molecule has 1 amide bonds. The number of aryl methyl sites for hydroxylation is 1. The second kappa shape index (κ2) is 10.9. The van der Waals surface area contributed by atoms with E-state index in [1.807, 2.05) is 25.1 Å². The average molecular weight is 461 g/mol. The molecule has 0 radical (unpaired) electrons. The van der Waals surface area contributed by atoms with Crippen molar-refractivity contribution in [1.29, 1.82) is 0 Å². The van der Waals surface area contributed by atoms with E-state index in [0.29, 0.717) is 45.2 Å². The molecule has 1 fully saturated rings. The topological polar surface area (TPSA) is 84.9 Å². The van der Waals surface area contributed by atoms with Crippen LogP contribution in [0.2, 0.25) is 0 Å². The number of carbonyl (C=O) groups is 1. The fourth-order valence-corrected chi connectivity index (χ4v) is 4.96. The Kier molecular flexibility index (Phi) is 8.28. The zero-order chi connectivity index (χ0) is 23.1. The van der Waals surface area contributed by atoms with Gasteiger partial charge in [0, 0.05) is 19.6 Å². The normalized spacial score (nSPS) is 15.0. The number of sulfonamides is 1. The monoisotopic (exact) mass is 460 g/mol. The molecule has 1 heterocycles. The Bertz CT molecular complexity index is 1010. The highest BCUT2D eigenvalue weighted by Gasteiger charge is 2.26. The van der Waals surface area contributed by atoms with E-state index in [2.05, 4.69) is 19.2 Å². The van der Waals surface area contributed by atoms with Gasteiger partial charge in [-0.15, -0.1) is 0 Å². The van der Waals surface area contributed by atoms with Gasteiger partial charge in [-0.05, 0) is 54.2 Å². The first-order valence-corrected chi connectivity index (χ1v) is 12.4. The second-order valence-electron chi connectivity index (χ2n) is 8.25. The van der Waals surface area contributed by atoms with Crippen molar-refractivity contribution < 1.29 is 22.7 Å². The number of hydrogen-bond donors (Lipinski definition) is 1. The molecule has 2 aromatic carbocycles. The molecule has 0 aliphatic carbocycles. The van der Waals surface area contributed by atoms with Crippen molar-refractivity contribution in [3.63, 3.8) is 0 Å². The fourth-order valence-electron chi connectivity index (χ4n) is 3.55. The quantitative estimate of drug-likeness (QED) is 0.622. The molecule has 174 valence electrons. The third kappa shape index (κ3) is 6.31. The van der Waals surface area contributed by atoms with Crippen LogP contribution in [0.3, 0.4) is 0 Å². The molecule has 2 aromatic rings. The molecule has 32 heavy (non-hydrogen) atoms. The van der Waals surface area contributed by atoms with Crippen LogP contribution < -0.4 is 10.1 Å². The van der Waals surface area contributed by atoms with Gasteiger partial charge in [0.05, 0.1) is 18.1 Å². The van der Waals surface area contributed by atoms with Gasteiger partial charge in [0.25, 0.3) is 5.91 Å². The Hall–Kier alpha value is -2.42. The molecule has 0 bridgehead atoms. The van der Waals surface area contributed by atoms with Crippen molar-refractivity contribution in [2.75, 3.05) is 39.5 Å². The minimum Gasteiger partial charge on any atom is -0.483 e. The van der Waals surface area contributed by atoms with Crippen LogP contribution >= 0.6 is 0 Å². The van der Waals surface area contributed by atoms with Gasteiger partial charge >= 0.3 is 0 Å². The lowest BCUT2D eigenvalue weighted by atomic mass is 10.0. The first kappa shape index (κ1) is 24.2. The number of amides is 1. The predicted molar refractivity (Wildman–Crippen MR) is 123 cm³/mol. The molecule has 3 rings (SSSR count). The molecule has 0 unspecified atom stereocenters. The van der Waals surface area contributed by atoms with Crippen molar-refractivity contribution in [1.82, 2.24) is 9.62 Å². The molecule has 1 saturated heterocycles. The lowest BCUT2D eigenvalue weighted by molar-refractivity contribution is -0.123. The lowest BCUT2D eigenvalue weighted by Crippen LogP contribution is -2.40. The number of benzene rings is 2. The summed E-state index contributed by atoms with van der Waals surface area (Å²) in [4.78, 5) is 12.5. The van der Waals surface area contributed by atoms with Gasteiger partial charge < -0.3 is 14.8 Å². The Morgan fingerprint density at radius 1 is 1.12 bits per heavy atom. The highest BCUT2D eigenvalue weighted by Crippen LogP contribution is 2.27. The van der Waals surface area contributed by atoms with Gasteiger partial charge in [-0.1, -0.05) is 38.1 Å². The number of rotatable bonds is 9. The summed E-state index contributed by atoms with van der Waals surface area (Å²) < 4.78 is 37.8. The Morgan fingerprint density at radius 3 is 2.47 bits per heavy atom. The summed E-state index contributed by atoms with van der Waals surface area (Å²) in [5, 5.41) is 2.86. The second-order valence-corrected chi connectivity index (χ2v) is 10.2. The molecule has 0 atom stereocenters. The molecule has 7 nitrogen and oxygen atoms in total. The maximum atomic E-state index is 12.7. The summed E-state index contributed by atoms with van der Waals surface area (Å²) in [7, 11) is -3.49. The van der Waals surface area contributed by atoms with E-state index in [-0.39, 0.29) is 17.4 Å². The van der Waals surface area contributed by atoms with Crippen LogP contribution in [-0.4, -0.2) is 58.1 Å². The zero-order valence-electron chi connectivity index (χ0n) is 19.0. The van der Waals surface area contributed by atoms with Crippen molar-refractivity contribution in [3.05, 3.63) is 59.2 Å². The Balaban J connectivity index is 1.47. The lowest BCUT2D eigenvalue weighted by Gasteiger charge is -2.26. The van der Waals surface area contributed by atoms with E-state index in [1.165, 1.54) is 4.31 Å². The van der Waals surface area contributed by atoms with Crippen molar-refractivity contribution >= 4 is 15.9 Å². The minimum absolute atomic E-state index is 0.0418. The largest absolute Gasteiger partial charge is 0.483 e. The van der Waals surface area contributed by atoms with Gasteiger partial charge in [0.1, 0.15) is 5.75 Å². The third-order valence-corrected chi connectivity index (χ3v) is 7.33. The number of morpholine rings is 1. The summed E-state index contributed by atoms with van der Waals surface area (Å²) in [6.07, 6.45) is 0.602. The van der Waals surface area contributed by atoms with Crippen LogP contribution in [0.5, 0.6) is 5.75 Å². The predicted octanol–water partition coefficient (Wildman–Crippen LogP) is 2.88. The molecule has 0 aromatic heterocycles. The Morgan fingerprint density at radius 2 is 1.81 bits per heavy atom. The first-order valence-electron chi connectivity index (χ1n) is 10.9. The smallest absolute Gasteiger partial charge is 0.257 e. The van der Waals surface area contributed by atoms with Crippen molar-refractivity contribution in [2.24, 2.45) is 0 Å². The van der Waals surface area contributed by atoms with E-state index in [4.69, 9.17) is 9.47 Å². The summed E-state index contributed by atoms with van der Waals surface area (Å²) in [5.41, 5.74) is 3.12. The number of nitrogens with zero attached hydrogens (tertiary/aromatic N) is 1. The number of carbonyl (C=O) groups excluding carboxylic acids is 1. The number of nitrogens with one attached hydrogen (secondary N) is 1. The van der Waals surface area contributed by atoms with E-state index >= 15 is 0 Å². The van der Waals surface area contributed by atoms with Crippen LogP contribution in [0.25, 0.3) is 0 Å². The maximum absolute atomic E-state index is 12.7. The van der Waals surface area contributed by atoms with Crippen LogP contribution in [0.1, 0.15) is 36.5 Å². The van der Waals surface area contributed by atoms with Crippen LogP contribution in [-0.2, 0) is 26.0 Å². The highest BCUT2D eigenvalue weighted by atomic mass is 32.2. The molecular weight excluding hydrogens is 428 g/mol. The maximum Gasteiger partial charge on any atom is 0.257 e. The summed E-state index contributed by atoms with van der Waals surface area (Å²) in [6.45, 7) is 8.17. The SMILES string of the molecule is Cc1ccc(C(C)C)c(OCC(=O)NCCc2ccc(S(=O)(=O)N3CCOCC3)cc2)c1. The molecule has 1 aliphatic rings. The molecule has 8 heteroatoms. The summed E-state index contributed by atoms with van der Waals surface area (Å²) >= 11 is 0. The van der Waals surface area contributed by atoms with E-state index < -0.39 is 10.0 Å². The average Bonchev–Trinajstić information content (AvgIpc) is 2.78. The van der Waals surface area contributed by atoms with Gasteiger partial charge in [-0.3, -0.25) is 4.79 Å². The molecule has 0 saturated carbocycles. The van der Waals surface area contributed by atoms with Gasteiger partial charge in [0.15, 0.2) is 6.61 Å². The van der Waals surface area contributed by atoms with Crippen LogP contribution in [0, 0.1) is 6.92 Å². The number of ether oxygens (including phenoxy) is 2. The van der Waals surface area contributed by atoms with Gasteiger partial charge in [-0.2, -0.15) is 4.31 Å². The first-order chi connectivity index (χ1) is 15.3. The van der Waals surface area contributed by atoms with Gasteiger partial charge in [-0.25, -0.2) is 8.42 Å². The minimum atomic E-state index is -3.49. The molecule has 1 N–H and O–H groups in total. The highest BCUT2D eigenvalue weighted by molar-refractivity contribution is 7.89. The summed E-state index contributed by atoms with van der Waals surface area (Å²) in [6, 6.07) is 12.9. The van der Waals surface area contributed by atoms with E-state index in [0.717, 1.165) is 22.4 Å². The fraction of sp³-hybridized carbons (Fsp3) is 0.458. The molecule has 0 spiro atoms. The molecule has 1 aliphatic heterocycles. The van der Waals surface area contributed by atoms with Crippen molar-refractivity contribution in [2.45, 2.75) is 38.0 Å². The van der Waals surface area contributed by atoms with Crippen LogP contribution in [0.4, 0.5) is 0 Å². The Labute approximate surface area is 190 Å². The van der Waals surface area contributed by atoms with E-state index in [1.54, 1.807) is 24.3 Å².